The zero-order valence-electron chi connectivity index (χ0n) is 7.81. The number of ether oxygens (including phenoxy) is 2. The quantitative estimate of drug-likeness (QED) is 0.535. The van der Waals surface area contributed by atoms with E-state index in [0.717, 1.165) is 0 Å². The second-order valence-corrected chi connectivity index (χ2v) is 2.75. The number of carbonyl (C=O) groups is 1. The molecule has 0 fully saturated rings. The molecular formula is C7H10F4O3. The van der Waals surface area contributed by atoms with Gasteiger partial charge in [0, 0.05) is 0 Å². The summed E-state index contributed by atoms with van der Waals surface area (Å²) in [5.41, 5.74) is 0. The first kappa shape index (κ1) is 13.2. The van der Waals surface area contributed by atoms with Gasteiger partial charge in [-0.3, -0.25) is 0 Å². The van der Waals surface area contributed by atoms with Gasteiger partial charge in [0.1, 0.15) is 0 Å². The lowest BCUT2D eigenvalue weighted by Gasteiger charge is -2.26. The maximum absolute atomic E-state index is 13.1. The first-order valence-electron chi connectivity index (χ1n) is 3.67. The molecule has 0 spiro atoms. The Hall–Kier alpha value is -0.850. The van der Waals surface area contributed by atoms with Crippen molar-refractivity contribution in [2.45, 2.75) is 32.0 Å². The molecule has 0 aromatic rings. The molecule has 0 rings (SSSR count). The van der Waals surface area contributed by atoms with Crippen LogP contribution in [-0.2, 0) is 14.3 Å². The summed E-state index contributed by atoms with van der Waals surface area (Å²) in [7, 11) is 0.645. The van der Waals surface area contributed by atoms with E-state index >= 15 is 0 Å². The topological polar surface area (TPSA) is 35.5 Å². The standard InChI is InChI=1S/C7H10F4O3/c1-4(2)14-6(8,5(12)13-3)7(9,10)11/h4H,1-3H3. The fourth-order valence-electron chi connectivity index (χ4n) is 0.687. The molecule has 0 aromatic carbocycles. The number of carbonyl (C=O) groups excluding carboxylic acids is 1. The van der Waals surface area contributed by atoms with Crippen LogP contribution >= 0.6 is 0 Å². The van der Waals surface area contributed by atoms with Crippen LogP contribution in [0.25, 0.3) is 0 Å². The van der Waals surface area contributed by atoms with Crippen molar-refractivity contribution in [2.24, 2.45) is 0 Å². The Balaban J connectivity index is 4.96. The van der Waals surface area contributed by atoms with Crippen LogP contribution in [0.4, 0.5) is 17.6 Å². The van der Waals surface area contributed by atoms with Gasteiger partial charge in [-0.05, 0) is 13.8 Å². The normalized spacial score (nSPS) is 16.6. The Morgan fingerprint density at radius 3 is 1.86 bits per heavy atom. The van der Waals surface area contributed by atoms with Gasteiger partial charge in [-0.25, -0.2) is 4.79 Å². The van der Waals surface area contributed by atoms with Gasteiger partial charge < -0.3 is 9.47 Å². The number of rotatable bonds is 3. The molecule has 0 bridgehead atoms. The molecule has 0 heterocycles. The third-order valence-electron chi connectivity index (χ3n) is 1.21. The highest BCUT2D eigenvalue weighted by molar-refractivity contribution is 5.78. The molecule has 0 saturated carbocycles. The average molecular weight is 218 g/mol. The monoisotopic (exact) mass is 218 g/mol. The van der Waals surface area contributed by atoms with E-state index in [1.54, 1.807) is 0 Å². The van der Waals surface area contributed by atoms with E-state index in [1.165, 1.54) is 13.8 Å². The minimum absolute atomic E-state index is 0.645. The number of halogens is 4. The Bertz CT molecular complexity index is 213. The average Bonchev–Trinajstić information content (AvgIpc) is 1.99. The summed E-state index contributed by atoms with van der Waals surface area (Å²) >= 11 is 0. The van der Waals surface area contributed by atoms with Gasteiger partial charge in [-0.1, -0.05) is 0 Å². The SMILES string of the molecule is COC(=O)C(F)(OC(C)C)C(F)(F)F. The molecule has 0 aliphatic heterocycles. The van der Waals surface area contributed by atoms with Crippen molar-refractivity contribution < 1.29 is 31.8 Å². The Labute approximate surface area is 78.0 Å². The summed E-state index contributed by atoms with van der Waals surface area (Å²) in [4.78, 5) is 10.6. The Kier molecular flexibility index (Phi) is 3.87. The third-order valence-corrected chi connectivity index (χ3v) is 1.21. The van der Waals surface area contributed by atoms with E-state index < -0.39 is 24.1 Å². The predicted octanol–water partition coefficient (Wildman–Crippen LogP) is 1.81. The van der Waals surface area contributed by atoms with E-state index in [4.69, 9.17) is 0 Å². The molecule has 0 aliphatic carbocycles. The molecule has 1 atom stereocenters. The predicted molar refractivity (Wildman–Crippen MR) is 38.1 cm³/mol. The molecule has 0 amide bonds. The van der Waals surface area contributed by atoms with Crippen LogP contribution in [0.3, 0.4) is 0 Å². The van der Waals surface area contributed by atoms with Crippen molar-refractivity contribution in [1.29, 1.82) is 0 Å². The number of methoxy groups -OCH3 is 1. The second kappa shape index (κ2) is 4.12. The third kappa shape index (κ3) is 2.57. The number of hydrogen-bond acceptors (Lipinski definition) is 3. The molecule has 0 N–H and O–H groups in total. The van der Waals surface area contributed by atoms with E-state index in [2.05, 4.69) is 9.47 Å². The van der Waals surface area contributed by atoms with E-state index in [0.29, 0.717) is 7.11 Å². The smallest absolute Gasteiger partial charge is 0.460 e. The zero-order chi connectivity index (χ0) is 11.6. The van der Waals surface area contributed by atoms with Crippen LogP contribution in [-0.4, -0.2) is 31.2 Å². The molecule has 1 unspecified atom stereocenters. The van der Waals surface area contributed by atoms with Gasteiger partial charge in [0.15, 0.2) is 0 Å². The summed E-state index contributed by atoms with van der Waals surface area (Å²) < 4.78 is 57.0. The summed E-state index contributed by atoms with van der Waals surface area (Å²) in [6, 6.07) is 0. The number of esters is 1. The van der Waals surface area contributed by atoms with Crippen LogP contribution in [0.2, 0.25) is 0 Å². The summed E-state index contributed by atoms with van der Waals surface area (Å²) in [6.45, 7) is 2.34. The lowest BCUT2D eigenvalue weighted by Crippen LogP contribution is -2.52. The van der Waals surface area contributed by atoms with Gasteiger partial charge in [0.25, 0.3) is 0 Å². The highest BCUT2D eigenvalue weighted by Gasteiger charge is 2.65. The van der Waals surface area contributed by atoms with Crippen molar-refractivity contribution in [3.63, 3.8) is 0 Å². The summed E-state index contributed by atoms with van der Waals surface area (Å²) in [5, 5.41) is 0. The van der Waals surface area contributed by atoms with Crippen molar-refractivity contribution in [3.05, 3.63) is 0 Å². The molecule has 84 valence electrons. The second-order valence-electron chi connectivity index (χ2n) is 2.75. The maximum atomic E-state index is 13.1. The summed E-state index contributed by atoms with van der Waals surface area (Å²) in [6.07, 6.45) is -6.55. The fraction of sp³-hybridized carbons (Fsp3) is 0.857. The van der Waals surface area contributed by atoms with Crippen molar-refractivity contribution in [1.82, 2.24) is 0 Å². The van der Waals surface area contributed by atoms with Gasteiger partial charge in [-0.2, -0.15) is 17.6 Å². The number of hydrogen-bond donors (Lipinski definition) is 0. The van der Waals surface area contributed by atoms with Gasteiger partial charge in [0.05, 0.1) is 13.2 Å². The first-order chi connectivity index (χ1) is 6.15. The lowest BCUT2D eigenvalue weighted by atomic mass is 10.3. The molecule has 0 radical (unpaired) electrons. The lowest BCUT2D eigenvalue weighted by molar-refractivity contribution is -0.331. The minimum atomic E-state index is -5.45. The van der Waals surface area contributed by atoms with Crippen LogP contribution in [0.15, 0.2) is 0 Å². The highest BCUT2D eigenvalue weighted by Crippen LogP contribution is 2.36. The molecule has 14 heavy (non-hydrogen) atoms. The van der Waals surface area contributed by atoms with E-state index in [1.807, 2.05) is 0 Å². The van der Waals surface area contributed by atoms with Crippen molar-refractivity contribution >= 4 is 5.97 Å². The molecule has 7 heteroatoms. The van der Waals surface area contributed by atoms with Gasteiger partial charge in [0.2, 0.25) is 0 Å². The zero-order valence-corrected chi connectivity index (χ0v) is 7.81. The van der Waals surface area contributed by atoms with Crippen LogP contribution in [0.1, 0.15) is 13.8 Å². The maximum Gasteiger partial charge on any atom is 0.460 e. The van der Waals surface area contributed by atoms with Crippen LogP contribution in [0, 0.1) is 0 Å². The first-order valence-corrected chi connectivity index (χ1v) is 3.67. The Morgan fingerprint density at radius 1 is 1.21 bits per heavy atom. The van der Waals surface area contributed by atoms with Gasteiger partial charge >= 0.3 is 18.0 Å². The highest BCUT2D eigenvalue weighted by atomic mass is 19.4. The Morgan fingerprint density at radius 2 is 1.64 bits per heavy atom. The van der Waals surface area contributed by atoms with E-state index in [-0.39, 0.29) is 0 Å². The van der Waals surface area contributed by atoms with Gasteiger partial charge in [-0.15, -0.1) is 0 Å². The molecule has 0 aromatic heterocycles. The van der Waals surface area contributed by atoms with E-state index in [9.17, 15) is 22.4 Å². The largest absolute Gasteiger partial charge is 0.465 e. The van der Waals surface area contributed by atoms with Crippen molar-refractivity contribution in [3.8, 4) is 0 Å². The number of alkyl halides is 4. The molecule has 3 nitrogen and oxygen atoms in total. The molecular weight excluding hydrogens is 208 g/mol. The summed E-state index contributed by atoms with van der Waals surface area (Å²) in [5.74, 6) is -6.51. The van der Waals surface area contributed by atoms with Crippen LogP contribution < -0.4 is 0 Å². The molecule has 0 aliphatic rings. The van der Waals surface area contributed by atoms with Crippen molar-refractivity contribution in [2.75, 3.05) is 7.11 Å². The van der Waals surface area contributed by atoms with Crippen LogP contribution in [0.5, 0.6) is 0 Å². The minimum Gasteiger partial charge on any atom is -0.465 e. The molecule has 0 saturated heterocycles. The fourth-order valence-corrected chi connectivity index (χ4v) is 0.687.